The van der Waals surface area contributed by atoms with E-state index in [4.69, 9.17) is 0 Å². The molecule has 0 unspecified atom stereocenters. The van der Waals surface area contributed by atoms with Gasteiger partial charge in [-0.2, -0.15) is 5.10 Å². The van der Waals surface area contributed by atoms with Crippen LogP contribution in [0.5, 0.6) is 0 Å². The van der Waals surface area contributed by atoms with E-state index in [1.54, 1.807) is 16.8 Å². The zero-order chi connectivity index (χ0) is 11.9. The molecule has 0 aliphatic rings. The average molecular weight is 348 g/mol. The van der Waals surface area contributed by atoms with Crippen molar-refractivity contribution < 1.29 is 4.39 Å². The SMILES string of the molecule is Cc1c(Br)c(-c2ccc(Br)cc2F)nn1C. The molecule has 16 heavy (non-hydrogen) atoms. The first-order valence-electron chi connectivity index (χ1n) is 4.65. The second-order valence-corrected chi connectivity index (χ2v) is 5.20. The molecular formula is C11H9Br2FN2. The van der Waals surface area contributed by atoms with E-state index < -0.39 is 0 Å². The fourth-order valence-electron chi connectivity index (χ4n) is 1.44. The van der Waals surface area contributed by atoms with E-state index in [0.717, 1.165) is 14.6 Å². The summed E-state index contributed by atoms with van der Waals surface area (Å²) in [5.74, 6) is -0.284. The molecule has 1 heterocycles. The number of hydrogen-bond donors (Lipinski definition) is 0. The Morgan fingerprint density at radius 2 is 2.00 bits per heavy atom. The maximum atomic E-state index is 13.8. The molecule has 1 aromatic heterocycles. The second kappa shape index (κ2) is 4.30. The third-order valence-electron chi connectivity index (χ3n) is 2.45. The van der Waals surface area contributed by atoms with E-state index in [2.05, 4.69) is 37.0 Å². The summed E-state index contributed by atoms with van der Waals surface area (Å²) in [6, 6.07) is 4.95. The van der Waals surface area contributed by atoms with Crippen molar-refractivity contribution in [3.8, 4) is 11.3 Å². The van der Waals surface area contributed by atoms with Gasteiger partial charge in [-0.3, -0.25) is 4.68 Å². The van der Waals surface area contributed by atoms with E-state index >= 15 is 0 Å². The quantitative estimate of drug-likeness (QED) is 0.760. The lowest BCUT2D eigenvalue weighted by Crippen LogP contribution is -1.93. The summed E-state index contributed by atoms with van der Waals surface area (Å²) in [4.78, 5) is 0. The van der Waals surface area contributed by atoms with Crippen LogP contribution in [0.3, 0.4) is 0 Å². The minimum absolute atomic E-state index is 0.284. The summed E-state index contributed by atoms with van der Waals surface area (Å²) in [5.41, 5.74) is 2.10. The van der Waals surface area contributed by atoms with Crippen LogP contribution in [0.4, 0.5) is 4.39 Å². The van der Waals surface area contributed by atoms with Crippen LogP contribution in [0.2, 0.25) is 0 Å². The van der Waals surface area contributed by atoms with Gasteiger partial charge >= 0.3 is 0 Å². The van der Waals surface area contributed by atoms with Gasteiger partial charge in [0.25, 0.3) is 0 Å². The Morgan fingerprint density at radius 3 is 2.50 bits per heavy atom. The average Bonchev–Trinajstić information content (AvgIpc) is 2.46. The maximum Gasteiger partial charge on any atom is 0.133 e. The first-order valence-corrected chi connectivity index (χ1v) is 6.24. The third-order valence-corrected chi connectivity index (χ3v) is 3.89. The van der Waals surface area contributed by atoms with E-state index in [0.29, 0.717) is 11.3 Å². The molecule has 1 aromatic carbocycles. The topological polar surface area (TPSA) is 17.8 Å². The molecule has 0 radical (unpaired) electrons. The van der Waals surface area contributed by atoms with E-state index in [1.807, 2.05) is 14.0 Å². The largest absolute Gasteiger partial charge is 0.271 e. The molecule has 2 rings (SSSR count). The molecule has 2 nitrogen and oxygen atoms in total. The van der Waals surface area contributed by atoms with Gasteiger partial charge in [0.2, 0.25) is 0 Å². The van der Waals surface area contributed by atoms with Crippen LogP contribution >= 0.6 is 31.9 Å². The molecule has 0 amide bonds. The number of hydrogen-bond acceptors (Lipinski definition) is 1. The monoisotopic (exact) mass is 346 g/mol. The van der Waals surface area contributed by atoms with Crippen molar-refractivity contribution >= 4 is 31.9 Å². The lowest BCUT2D eigenvalue weighted by Gasteiger charge is -2.00. The zero-order valence-corrected chi connectivity index (χ0v) is 11.9. The second-order valence-electron chi connectivity index (χ2n) is 3.50. The molecule has 84 valence electrons. The Kier molecular flexibility index (Phi) is 3.17. The number of rotatable bonds is 1. The van der Waals surface area contributed by atoms with Crippen LogP contribution in [0, 0.1) is 12.7 Å². The van der Waals surface area contributed by atoms with E-state index in [9.17, 15) is 4.39 Å². The van der Waals surface area contributed by atoms with Crippen molar-refractivity contribution in [1.29, 1.82) is 0 Å². The molecule has 0 aliphatic heterocycles. The highest BCUT2D eigenvalue weighted by Crippen LogP contribution is 2.32. The van der Waals surface area contributed by atoms with Crippen molar-refractivity contribution in [2.45, 2.75) is 6.92 Å². The summed E-state index contributed by atoms with van der Waals surface area (Å²) in [6.07, 6.45) is 0. The first kappa shape index (κ1) is 11.8. The summed E-state index contributed by atoms with van der Waals surface area (Å²) in [7, 11) is 1.83. The van der Waals surface area contributed by atoms with Crippen LogP contribution in [0.15, 0.2) is 27.1 Å². The third kappa shape index (κ3) is 1.94. The van der Waals surface area contributed by atoms with Gasteiger partial charge in [0, 0.05) is 22.8 Å². The molecule has 0 spiro atoms. The van der Waals surface area contributed by atoms with Crippen LogP contribution in [0.1, 0.15) is 5.69 Å². The molecule has 0 bridgehead atoms. The van der Waals surface area contributed by atoms with Crippen molar-refractivity contribution in [2.75, 3.05) is 0 Å². The van der Waals surface area contributed by atoms with E-state index in [1.165, 1.54) is 6.07 Å². The highest BCUT2D eigenvalue weighted by Gasteiger charge is 2.15. The number of halogens is 3. The number of aromatic nitrogens is 2. The van der Waals surface area contributed by atoms with Crippen LogP contribution < -0.4 is 0 Å². The Labute approximate surface area is 110 Å². The van der Waals surface area contributed by atoms with Crippen LogP contribution in [0.25, 0.3) is 11.3 Å². The van der Waals surface area contributed by atoms with Gasteiger partial charge < -0.3 is 0 Å². The summed E-state index contributed by atoms with van der Waals surface area (Å²) < 4.78 is 17.0. The summed E-state index contributed by atoms with van der Waals surface area (Å²) >= 11 is 6.66. The molecular weight excluding hydrogens is 339 g/mol. The van der Waals surface area contributed by atoms with Gasteiger partial charge in [0.05, 0.1) is 4.47 Å². The minimum Gasteiger partial charge on any atom is -0.271 e. The number of aryl methyl sites for hydroxylation is 1. The molecule has 0 saturated carbocycles. The Morgan fingerprint density at radius 1 is 1.31 bits per heavy atom. The lowest BCUT2D eigenvalue weighted by atomic mass is 10.1. The van der Waals surface area contributed by atoms with Crippen LogP contribution in [-0.2, 0) is 7.05 Å². The molecule has 0 N–H and O–H groups in total. The Balaban J connectivity index is 2.63. The molecule has 0 aliphatic carbocycles. The van der Waals surface area contributed by atoms with Gasteiger partial charge in [-0.15, -0.1) is 0 Å². The predicted molar refractivity (Wildman–Crippen MR) is 68.7 cm³/mol. The maximum absolute atomic E-state index is 13.8. The van der Waals surface area contributed by atoms with Gasteiger partial charge in [0.15, 0.2) is 0 Å². The van der Waals surface area contributed by atoms with Gasteiger partial charge in [-0.25, -0.2) is 4.39 Å². The van der Waals surface area contributed by atoms with Gasteiger partial charge in [-0.1, -0.05) is 15.9 Å². The lowest BCUT2D eigenvalue weighted by molar-refractivity contribution is 0.629. The molecule has 0 fully saturated rings. The number of benzene rings is 1. The first-order chi connectivity index (χ1) is 7.50. The van der Waals surface area contributed by atoms with Crippen LogP contribution in [-0.4, -0.2) is 9.78 Å². The Bertz CT molecular complexity index is 549. The van der Waals surface area contributed by atoms with Crippen molar-refractivity contribution in [3.63, 3.8) is 0 Å². The molecule has 5 heteroatoms. The standard InChI is InChI=1S/C11H9Br2FN2/c1-6-10(13)11(15-16(6)2)8-4-3-7(12)5-9(8)14/h3-5H,1-2H3. The van der Waals surface area contributed by atoms with Gasteiger partial charge in [0.1, 0.15) is 11.5 Å². The fraction of sp³-hybridized carbons (Fsp3) is 0.182. The predicted octanol–water partition coefficient (Wildman–Crippen LogP) is 4.06. The highest BCUT2D eigenvalue weighted by molar-refractivity contribution is 9.10. The van der Waals surface area contributed by atoms with Crippen molar-refractivity contribution in [2.24, 2.45) is 7.05 Å². The van der Waals surface area contributed by atoms with Crippen molar-refractivity contribution in [3.05, 3.63) is 38.7 Å². The summed E-state index contributed by atoms with van der Waals surface area (Å²) in [6.45, 7) is 1.93. The highest BCUT2D eigenvalue weighted by atomic mass is 79.9. The molecule has 0 atom stereocenters. The van der Waals surface area contributed by atoms with E-state index in [-0.39, 0.29) is 5.82 Å². The molecule has 0 saturated heterocycles. The summed E-state index contributed by atoms with van der Waals surface area (Å²) in [5, 5.41) is 4.28. The normalized spacial score (nSPS) is 10.8. The minimum atomic E-state index is -0.284. The number of nitrogens with zero attached hydrogens (tertiary/aromatic N) is 2. The zero-order valence-electron chi connectivity index (χ0n) is 8.76. The smallest absolute Gasteiger partial charge is 0.133 e. The Hall–Kier alpha value is -0.680. The molecule has 2 aromatic rings. The van der Waals surface area contributed by atoms with Gasteiger partial charge in [-0.05, 0) is 41.1 Å². The van der Waals surface area contributed by atoms with Crippen molar-refractivity contribution in [1.82, 2.24) is 9.78 Å². The fourth-order valence-corrected chi connectivity index (χ4v) is 2.32.